The Morgan fingerprint density at radius 3 is 2.90 bits per heavy atom. The van der Waals surface area contributed by atoms with E-state index in [0.29, 0.717) is 27.7 Å². The zero-order valence-corrected chi connectivity index (χ0v) is 18.8. The average molecular weight is 459 g/mol. The summed E-state index contributed by atoms with van der Waals surface area (Å²) in [5.41, 5.74) is 2.97. The monoisotopic (exact) mass is 458 g/mol. The molecule has 3 heterocycles. The van der Waals surface area contributed by atoms with Crippen LogP contribution in [0, 0.1) is 6.92 Å². The van der Waals surface area contributed by atoms with Gasteiger partial charge in [0.05, 0.1) is 11.7 Å². The molecule has 2 aromatic heterocycles. The van der Waals surface area contributed by atoms with Crippen molar-refractivity contribution < 1.29 is 18.7 Å². The number of anilines is 1. The van der Waals surface area contributed by atoms with Gasteiger partial charge in [0.15, 0.2) is 5.76 Å². The fourth-order valence-corrected chi connectivity index (χ4v) is 5.86. The van der Waals surface area contributed by atoms with E-state index in [0.717, 1.165) is 55.2 Å². The van der Waals surface area contributed by atoms with Crippen molar-refractivity contribution in [2.24, 2.45) is 0 Å². The summed E-state index contributed by atoms with van der Waals surface area (Å²) in [5.74, 6) is -0.284. The highest BCUT2D eigenvalue weighted by Gasteiger charge is 2.29. The Morgan fingerprint density at radius 1 is 1.23 bits per heavy atom. The minimum atomic E-state index is -0.363. The molecule has 8 heteroatoms. The van der Waals surface area contributed by atoms with Gasteiger partial charge in [0.1, 0.15) is 10.6 Å². The number of carbonyl (C=O) groups excluding carboxylic acids is 2. The molecule has 1 unspecified atom stereocenters. The molecule has 2 amide bonds. The summed E-state index contributed by atoms with van der Waals surface area (Å²) in [7, 11) is 0. The number of hydrogen-bond donors (Lipinski definition) is 2. The van der Waals surface area contributed by atoms with Crippen LogP contribution in [0.25, 0.3) is 11.0 Å². The number of thiophene rings is 1. The lowest BCUT2D eigenvalue weighted by atomic mass is 10.1. The van der Waals surface area contributed by atoms with E-state index < -0.39 is 0 Å². The number of halogens is 1. The number of carbonyl (C=O) groups is 2. The number of hydrogen-bond acceptors (Lipinski definition) is 5. The summed E-state index contributed by atoms with van der Waals surface area (Å²) in [5, 5.41) is 7.92. The van der Waals surface area contributed by atoms with Gasteiger partial charge >= 0.3 is 0 Å². The first kappa shape index (κ1) is 20.5. The highest BCUT2D eigenvalue weighted by Crippen LogP contribution is 2.39. The zero-order valence-electron chi connectivity index (χ0n) is 17.2. The van der Waals surface area contributed by atoms with Crippen LogP contribution in [0.15, 0.2) is 22.6 Å². The van der Waals surface area contributed by atoms with Crippen LogP contribution in [0.5, 0.6) is 0 Å². The topological polar surface area (TPSA) is 80.6 Å². The lowest BCUT2D eigenvalue weighted by molar-refractivity contribution is 0.0858. The third kappa shape index (κ3) is 3.86. The van der Waals surface area contributed by atoms with Crippen molar-refractivity contribution >= 4 is 50.7 Å². The molecule has 2 N–H and O–H groups in total. The predicted octanol–water partition coefficient (Wildman–Crippen LogP) is 5.11. The van der Waals surface area contributed by atoms with Crippen LogP contribution in [0.1, 0.15) is 56.2 Å². The summed E-state index contributed by atoms with van der Waals surface area (Å²) in [4.78, 5) is 27.3. The number of furan rings is 1. The molecule has 5 rings (SSSR count). The molecule has 1 fully saturated rings. The zero-order chi connectivity index (χ0) is 21.5. The molecule has 6 nitrogen and oxygen atoms in total. The molecular weight excluding hydrogens is 436 g/mol. The Kier molecular flexibility index (Phi) is 5.50. The second kappa shape index (κ2) is 8.30. The standard InChI is InChI=1S/C23H23ClN2O4S/c1-12-16-10-13(24)7-8-17(16)30-20(12)22(28)26-23-19(15-5-2-6-18(15)31-23)21(27)25-11-14-4-3-9-29-14/h7-8,10,14H,2-6,9,11H2,1H3,(H,25,27)(H,26,28). The Balaban J connectivity index is 1.41. The largest absolute Gasteiger partial charge is 0.451 e. The summed E-state index contributed by atoms with van der Waals surface area (Å²) in [6.07, 6.45) is 4.87. The van der Waals surface area contributed by atoms with E-state index in [9.17, 15) is 9.59 Å². The van der Waals surface area contributed by atoms with Crippen LogP contribution in [0.4, 0.5) is 5.00 Å². The van der Waals surface area contributed by atoms with Crippen molar-refractivity contribution in [3.63, 3.8) is 0 Å². The second-order valence-corrected chi connectivity index (χ2v) is 9.60. The van der Waals surface area contributed by atoms with Crippen LogP contribution in [-0.4, -0.2) is 31.1 Å². The molecule has 3 aromatic rings. The van der Waals surface area contributed by atoms with Gasteiger partial charge in [-0.25, -0.2) is 0 Å². The van der Waals surface area contributed by atoms with Gasteiger partial charge in [-0.15, -0.1) is 11.3 Å². The quantitative estimate of drug-likeness (QED) is 0.557. The summed E-state index contributed by atoms with van der Waals surface area (Å²) >= 11 is 7.58. The summed E-state index contributed by atoms with van der Waals surface area (Å²) in [6, 6.07) is 5.27. The van der Waals surface area contributed by atoms with Crippen molar-refractivity contribution in [1.82, 2.24) is 5.32 Å². The molecule has 162 valence electrons. The normalized spacial score (nSPS) is 17.8. The molecule has 1 aromatic carbocycles. The third-order valence-corrected chi connectivity index (χ3v) is 7.44. The van der Waals surface area contributed by atoms with Crippen molar-refractivity contribution in [2.75, 3.05) is 18.5 Å². The first-order valence-corrected chi connectivity index (χ1v) is 11.7. The van der Waals surface area contributed by atoms with E-state index >= 15 is 0 Å². The number of nitrogens with one attached hydrogen (secondary N) is 2. The van der Waals surface area contributed by atoms with Crippen LogP contribution in [0.3, 0.4) is 0 Å². The van der Waals surface area contributed by atoms with Gasteiger partial charge in [-0.1, -0.05) is 11.6 Å². The van der Waals surface area contributed by atoms with Crippen molar-refractivity contribution in [3.05, 3.63) is 50.5 Å². The number of aryl methyl sites for hydroxylation is 2. The molecule has 1 saturated heterocycles. The summed E-state index contributed by atoms with van der Waals surface area (Å²) < 4.78 is 11.4. The van der Waals surface area contributed by atoms with Crippen LogP contribution < -0.4 is 10.6 Å². The van der Waals surface area contributed by atoms with Crippen molar-refractivity contribution in [3.8, 4) is 0 Å². The number of benzene rings is 1. The second-order valence-electron chi connectivity index (χ2n) is 8.06. The van der Waals surface area contributed by atoms with Gasteiger partial charge in [-0.05, 0) is 62.8 Å². The molecule has 0 bridgehead atoms. The van der Waals surface area contributed by atoms with Gasteiger partial charge in [0.25, 0.3) is 11.8 Å². The fourth-order valence-electron chi connectivity index (χ4n) is 4.40. The molecule has 31 heavy (non-hydrogen) atoms. The molecule has 0 saturated carbocycles. The molecular formula is C23H23ClN2O4S. The first-order chi connectivity index (χ1) is 15.0. The Hall–Kier alpha value is -2.35. The predicted molar refractivity (Wildman–Crippen MR) is 122 cm³/mol. The summed E-state index contributed by atoms with van der Waals surface area (Å²) in [6.45, 7) is 3.07. The van der Waals surface area contributed by atoms with E-state index in [2.05, 4.69) is 10.6 Å². The lowest BCUT2D eigenvalue weighted by Crippen LogP contribution is -2.32. The maximum absolute atomic E-state index is 13.1. The molecule has 1 aliphatic carbocycles. The van der Waals surface area contributed by atoms with Gasteiger partial charge in [-0.3, -0.25) is 9.59 Å². The van der Waals surface area contributed by atoms with Gasteiger partial charge < -0.3 is 19.8 Å². The number of ether oxygens (including phenoxy) is 1. The molecule has 1 aliphatic heterocycles. The van der Waals surface area contributed by atoms with Gasteiger partial charge in [-0.2, -0.15) is 0 Å². The fraction of sp³-hybridized carbons (Fsp3) is 0.391. The van der Waals surface area contributed by atoms with Crippen molar-refractivity contribution in [2.45, 2.75) is 45.1 Å². The van der Waals surface area contributed by atoms with Gasteiger partial charge in [0.2, 0.25) is 0 Å². The molecule has 1 atom stereocenters. The third-order valence-electron chi connectivity index (χ3n) is 5.99. The average Bonchev–Trinajstić information content (AvgIpc) is 3.51. The number of amides is 2. The minimum absolute atomic E-state index is 0.0682. The Bertz CT molecular complexity index is 1180. The Morgan fingerprint density at radius 2 is 2.10 bits per heavy atom. The maximum atomic E-state index is 13.1. The van der Waals surface area contributed by atoms with E-state index in [1.165, 1.54) is 16.2 Å². The lowest BCUT2D eigenvalue weighted by Gasteiger charge is -2.12. The van der Waals surface area contributed by atoms with Crippen LogP contribution in [-0.2, 0) is 17.6 Å². The number of rotatable bonds is 5. The highest BCUT2D eigenvalue weighted by atomic mass is 35.5. The van der Waals surface area contributed by atoms with E-state index in [4.69, 9.17) is 20.8 Å². The van der Waals surface area contributed by atoms with Gasteiger partial charge in [0, 0.05) is 34.0 Å². The van der Waals surface area contributed by atoms with Crippen LogP contribution >= 0.6 is 22.9 Å². The molecule has 0 radical (unpaired) electrons. The number of fused-ring (bicyclic) bond motifs is 2. The highest BCUT2D eigenvalue weighted by molar-refractivity contribution is 7.17. The SMILES string of the molecule is Cc1c(C(=O)Nc2sc3c(c2C(=O)NCC2CCCO2)CCC3)oc2ccc(Cl)cc12. The molecule has 0 spiro atoms. The minimum Gasteiger partial charge on any atom is -0.451 e. The van der Waals surface area contributed by atoms with E-state index in [1.807, 2.05) is 6.92 Å². The Labute approximate surface area is 188 Å². The van der Waals surface area contributed by atoms with Crippen LogP contribution in [0.2, 0.25) is 5.02 Å². The van der Waals surface area contributed by atoms with E-state index in [1.54, 1.807) is 18.2 Å². The molecule has 2 aliphatic rings. The van der Waals surface area contributed by atoms with E-state index in [-0.39, 0.29) is 23.7 Å². The van der Waals surface area contributed by atoms with Crippen molar-refractivity contribution in [1.29, 1.82) is 0 Å². The smallest absolute Gasteiger partial charge is 0.292 e. The maximum Gasteiger partial charge on any atom is 0.292 e. The first-order valence-electron chi connectivity index (χ1n) is 10.6.